The summed E-state index contributed by atoms with van der Waals surface area (Å²) in [7, 11) is 2.71. The van der Waals surface area contributed by atoms with Crippen molar-refractivity contribution < 1.29 is 23.8 Å². The summed E-state index contributed by atoms with van der Waals surface area (Å²) in [5.41, 5.74) is 3.06. The van der Waals surface area contributed by atoms with E-state index in [1.165, 1.54) is 20.3 Å². The fraction of sp³-hybridized carbons (Fsp3) is 0.227. The number of hydrogen-bond acceptors (Lipinski definition) is 6. The van der Waals surface area contributed by atoms with Crippen LogP contribution in [0.15, 0.2) is 40.4 Å². The van der Waals surface area contributed by atoms with Gasteiger partial charge in [0.15, 0.2) is 18.1 Å². The first-order valence-electron chi connectivity index (χ1n) is 8.86. The molecule has 0 aliphatic carbocycles. The minimum Gasteiger partial charge on any atom is -0.493 e. The minimum absolute atomic E-state index is 0.0824. The molecule has 1 amide bonds. The van der Waals surface area contributed by atoms with E-state index in [9.17, 15) is 14.9 Å². The van der Waals surface area contributed by atoms with Gasteiger partial charge in [-0.25, -0.2) is 4.79 Å². The van der Waals surface area contributed by atoms with Crippen molar-refractivity contribution in [1.82, 2.24) is 0 Å². The third kappa shape index (κ3) is 5.84. The van der Waals surface area contributed by atoms with Gasteiger partial charge in [-0.15, -0.1) is 0 Å². The SMILES string of the molecule is COC(=O)COc1cc(Br)c(/C=C(\C#N)C(=O)Nc2ccc(C)cc2C)cc1OC. The van der Waals surface area contributed by atoms with Crippen LogP contribution >= 0.6 is 15.9 Å². The van der Waals surface area contributed by atoms with Crippen molar-refractivity contribution in [1.29, 1.82) is 5.26 Å². The maximum Gasteiger partial charge on any atom is 0.343 e. The molecular formula is C22H21BrN2O5. The highest BCUT2D eigenvalue weighted by Crippen LogP contribution is 2.34. The molecule has 1 N–H and O–H groups in total. The lowest BCUT2D eigenvalue weighted by molar-refractivity contribution is -0.142. The molecule has 0 radical (unpaired) electrons. The molecule has 0 aliphatic rings. The van der Waals surface area contributed by atoms with Crippen LogP contribution in [-0.2, 0) is 14.3 Å². The van der Waals surface area contributed by atoms with E-state index in [2.05, 4.69) is 26.0 Å². The van der Waals surface area contributed by atoms with E-state index in [1.807, 2.05) is 32.0 Å². The summed E-state index contributed by atoms with van der Waals surface area (Å²) in [6, 6.07) is 10.7. The fourth-order valence-corrected chi connectivity index (χ4v) is 3.01. The van der Waals surface area contributed by atoms with E-state index in [4.69, 9.17) is 9.47 Å². The summed E-state index contributed by atoms with van der Waals surface area (Å²) in [6.07, 6.45) is 1.44. The molecule has 0 aliphatic heterocycles. The number of nitrogens with zero attached hydrogens (tertiary/aromatic N) is 1. The number of halogens is 1. The number of benzene rings is 2. The quantitative estimate of drug-likeness (QED) is 0.368. The first kappa shape index (κ1) is 23.0. The zero-order valence-corrected chi connectivity index (χ0v) is 18.6. The van der Waals surface area contributed by atoms with Gasteiger partial charge in [0.2, 0.25) is 0 Å². The molecule has 2 aromatic carbocycles. The molecular weight excluding hydrogens is 452 g/mol. The number of nitrogens with one attached hydrogen (secondary N) is 1. The molecule has 0 spiro atoms. The van der Waals surface area contributed by atoms with Gasteiger partial charge >= 0.3 is 5.97 Å². The lowest BCUT2D eigenvalue weighted by Crippen LogP contribution is -2.14. The second kappa shape index (κ2) is 10.5. The molecule has 0 unspecified atom stereocenters. The Morgan fingerprint density at radius 2 is 1.90 bits per heavy atom. The second-order valence-electron chi connectivity index (χ2n) is 6.33. The van der Waals surface area contributed by atoms with Gasteiger partial charge in [0.1, 0.15) is 11.6 Å². The number of hydrogen-bond donors (Lipinski definition) is 1. The number of methoxy groups -OCH3 is 2. The number of ether oxygens (including phenoxy) is 3. The molecule has 2 rings (SSSR count). The fourth-order valence-electron chi connectivity index (χ4n) is 2.58. The van der Waals surface area contributed by atoms with Crippen LogP contribution in [0, 0.1) is 25.2 Å². The smallest absolute Gasteiger partial charge is 0.343 e. The third-order valence-electron chi connectivity index (χ3n) is 4.15. The molecule has 0 aromatic heterocycles. The van der Waals surface area contributed by atoms with Crippen molar-refractivity contribution in [2.75, 3.05) is 26.1 Å². The highest BCUT2D eigenvalue weighted by Gasteiger charge is 2.15. The molecule has 0 heterocycles. The zero-order valence-electron chi connectivity index (χ0n) is 17.0. The summed E-state index contributed by atoms with van der Waals surface area (Å²) >= 11 is 3.39. The van der Waals surface area contributed by atoms with Crippen molar-refractivity contribution >= 4 is 39.6 Å². The lowest BCUT2D eigenvalue weighted by Gasteiger charge is -2.12. The van der Waals surface area contributed by atoms with Crippen LogP contribution < -0.4 is 14.8 Å². The van der Waals surface area contributed by atoms with Crippen LogP contribution in [0.1, 0.15) is 16.7 Å². The Morgan fingerprint density at radius 1 is 1.17 bits per heavy atom. The molecule has 0 bridgehead atoms. The summed E-state index contributed by atoms with van der Waals surface area (Å²) in [6.45, 7) is 3.56. The third-order valence-corrected chi connectivity index (χ3v) is 4.84. The van der Waals surface area contributed by atoms with Crippen LogP contribution in [0.2, 0.25) is 0 Å². The lowest BCUT2D eigenvalue weighted by atomic mass is 10.1. The summed E-state index contributed by atoms with van der Waals surface area (Å²) in [4.78, 5) is 23.9. The van der Waals surface area contributed by atoms with Gasteiger partial charge in [0.25, 0.3) is 5.91 Å². The first-order valence-corrected chi connectivity index (χ1v) is 9.66. The normalized spacial score (nSPS) is 10.7. The summed E-state index contributed by atoms with van der Waals surface area (Å²) in [5.74, 6) is -0.418. The Hall–Kier alpha value is -3.31. The Bertz CT molecular complexity index is 1040. The Labute approximate surface area is 183 Å². The Kier molecular flexibility index (Phi) is 8.01. The number of carbonyl (C=O) groups is 2. The number of aryl methyl sites for hydroxylation is 2. The van der Waals surface area contributed by atoms with Crippen molar-refractivity contribution in [3.63, 3.8) is 0 Å². The zero-order chi connectivity index (χ0) is 22.3. The number of rotatable bonds is 7. The van der Waals surface area contributed by atoms with Gasteiger partial charge in [0, 0.05) is 10.2 Å². The van der Waals surface area contributed by atoms with Gasteiger partial charge in [0.05, 0.1) is 14.2 Å². The Balaban J connectivity index is 2.30. The van der Waals surface area contributed by atoms with E-state index < -0.39 is 11.9 Å². The summed E-state index contributed by atoms with van der Waals surface area (Å²) in [5, 5.41) is 12.2. The van der Waals surface area contributed by atoms with Gasteiger partial charge in [-0.2, -0.15) is 5.26 Å². The van der Waals surface area contributed by atoms with E-state index in [-0.39, 0.29) is 12.2 Å². The van der Waals surface area contributed by atoms with Crippen molar-refractivity contribution in [2.24, 2.45) is 0 Å². The Morgan fingerprint density at radius 3 is 2.50 bits per heavy atom. The average molecular weight is 473 g/mol. The van der Waals surface area contributed by atoms with Gasteiger partial charge in [-0.05, 0) is 49.2 Å². The van der Waals surface area contributed by atoms with Gasteiger partial charge in [-0.1, -0.05) is 33.6 Å². The average Bonchev–Trinajstić information content (AvgIpc) is 2.72. The molecule has 8 heteroatoms. The van der Waals surface area contributed by atoms with E-state index >= 15 is 0 Å². The first-order chi connectivity index (χ1) is 14.3. The number of anilines is 1. The molecule has 7 nitrogen and oxygen atoms in total. The topological polar surface area (TPSA) is 97.7 Å². The van der Waals surface area contributed by atoms with E-state index in [1.54, 1.807) is 18.2 Å². The molecule has 0 fully saturated rings. The largest absolute Gasteiger partial charge is 0.493 e. The van der Waals surface area contributed by atoms with Crippen LogP contribution in [0.25, 0.3) is 6.08 Å². The maximum absolute atomic E-state index is 12.6. The van der Waals surface area contributed by atoms with Crippen LogP contribution in [-0.4, -0.2) is 32.7 Å². The van der Waals surface area contributed by atoms with Crippen LogP contribution in [0.4, 0.5) is 5.69 Å². The van der Waals surface area contributed by atoms with E-state index in [0.717, 1.165) is 11.1 Å². The van der Waals surface area contributed by atoms with Crippen molar-refractivity contribution in [3.05, 3.63) is 57.1 Å². The molecule has 0 atom stereocenters. The number of nitriles is 1. The van der Waals surface area contributed by atoms with Gasteiger partial charge < -0.3 is 19.5 Å². The van der Waals surface area contributed by atoms with Gasteiger partial charge in [-0.3, -0.25) is 4.79 Å². The predicted molar refractivity (Wildman–Crippen MR) is 116 cm³/mol. The minimum atomic E-state index is -0.535. The summed E-state index contributed by atoms with van der Waals surface area (Å²) < 4.78 is 15.8. The van der Waals surface area contributed by atoms with Crippen molar-refractivity contribution in [3.8, 4) is 17.6 Å². The van der Waals surface area contributed by atoms with Crippen molar-refractivity contribution in [2.45, 2.75) is 13.8 Å². The molecule has 0 saturated carbocycles. The molecule has 156 valence electrons. The molecule has 2 aromatic rings. The van der Waals surface area contributed by atoms with Crippen LogP contribution in [0.5, 0.6) is 11.5 Å². The molecule has 0 saturated heterocycles. The number of amides is 1. The standard InChI is InChI=1S/C22H21BrN2O5/c1-13-5-6-18(14(2)7-13)25-22(27)16(11-24)8-15-9-19(28-3)20(10-17(15)23)30-12-21(26)29-4/h5-10H,12H2,1-4H3,(H,25,27)/b16-8+. The highest BCUT2D eigenvalue weighted by atomic mass is 79.9. The molecule has 30 heavy (non-hydrogen) atoms. The number of carbonyl (C=O) groups excluding carboxylic acids is 2. The van der Waals surface area contributed by atoms with E-state index in [0.29, 0.717) is 27.2 Å². The second-order valence-corrected chi connectivity index (χ2v) is 7.19. The monoisotopic (exact) mass is 472 g/mol. The number of esters is 1. The highest BCUT2D eigenvalue weighted by molar-refractivity contribution is 9.10. The van der Waals surface area contributed by atoms with Crippen LogP contribution in [0.3, 0.4) is 0 Å². The predicted octanol–water partition coefficient (Wildman–Crippen LogP) is 4.17. The maximum atomic E-state index is 12.6.